The van der Waals surface area contributed by atoms with Gasteiger partial charge in [0.15, 0.2) is 0 Å². The van der Waals surface area contributed by atoms with Crippen LogP contribution < -0.4 is 10.5 Å². The van der Waals surface area contributed by atoms with Gasteiger partial charge < -0.3 is 10.8 Å². The van der Waals surface area contributed by atoms with E-state index in [9.17, 15) is 12.8 Å². The highest BCUT2D eigenvalue weighted by molar-refractivity contribution is 7.89. The summed E-state index contributed by atoms with van der Waals surface area (Å²) in [4.78, 5) is 0.0403. The fraction of sp³-hybridized carbons (Fsp3) is 0.538. The maximum Gasteiger partial charge on any atom is 0.241 e. The summed E-state index contributed by atoms with van der Waals surface area (Å²) < 4.78 is 40.4. The lowest BCUT2D eigenvalue weighted by Gasteiger charge is -2.14. The molecule has 0 aliphatic rings. The van der Waals surface area contributed by atoms with Gasteiger partial charge in [-0.2, -0.15) is 0 Å². The second-order valence-corrected chi connectivity index (χ2v) is 6.43. The number of aliphatic hydroxyl groups is 1. The van der Waals surface area contributed by atoms with E-state index in [-0.39, 0.29) is 29.3 Å². The van der Waals surface area contributed by atoms with Crippen LogP contribution in [-0.2, 0) is 10.0 Å². The maximum absolute atomic E-state index is 13.4. The van der Waals surface area contributed by atoms with Gasteiger partial charge in [0, 0.05) is 13.2 Å². The summed E-state index contributed by atoms with van der Waals surface area (Å²) in [5.41, 5.74) is 5.96. The highest BCUT2D eigenvalue weighted by atomic mass is 32.2. The molecule has 0 amide bonds. The number of nitrogen functional groups attached to an aromatic ring is 1. The average Bonchev–Trinajstić information content (AvgIpc) is 2.35. The Morgan fingerprint density at radius 2 is 1.95 bits per heavy atom. The summed E-state index contributed by atoms with van der Waals surface area (Å²) in [5, 5.41) is 8.64. The van der Waals surface area contributed by atoms with Crippen LogP contribution in [0.25, 0.3) is 0 Å². The minimum Gasteiger partial charge on any atom is -0.396 e. The van der Waals surface area contributed by atoms with Gasteiger partial charge >= 0.3 is 0 Å². The van der Waals surface area contributed by atoms with Crippen LogP contribution in [0.2, 0.25) is 0 Å². The molecule has 1 rings (SSSR count). The summed E-state index contributed by atoms with van der Waals surface area (Å²) >= 11 is 0. The standard InChI is InChI=1S/C13H21FN2O3S/c1-9-8-11(14)12(15)10(2)13(9)20(18,19)16-6-4-3-5-7-17/h8,16-17H,3-7,15H2,1-2H3. The molecule has 0 heterocycles. The Labute approximate surface area is 119 Å². The van der Waals surface area contributed by atoms with E-state index < -0.39 is 15.8 Å². The number of hydrogen-bond donors (Lipinski definition) is 3. The molecular weight excluding hydrogens is 283 g/mol. The molecule has 5 nitrogen and oxygen atoms in total. The molecule has 0 spiro atoms. The van der Waals surface area contributed by atoms with Gasteiger partial charge in [-0.1, -0.05) is 0 Å². The molecule has 0 fully saturated rings. The number of nitrogens with one attached hydrogen (secondary N) is 1. The van der Waals surface area contributed by atoms with Gasteiger partial charge in [-0.15, -0.1) is 0 Å². The average molecular weight is 304 g/mol. The van der Waals surface area contributed by atoms with Crippen LogP contribution in [0.1, 0.15) is 30.4 Å². The van der Waals surface area contributed by atoms with E-state index in [1.165, 1.54) is 13.8 Å². The molecular formula is C13H21FN2O3S. The minimum atomic E-state index is -3.71. The van der Waals surface area contributed by atoms with Crippen LogP contribution in [-0.4, -0.2) is 26.7 Å². The van der Waals surface area contributed by atoms with Gasteiger partial charge in [-0.05, 0) is 50.3 Å². The lowest BCUT2D eigenvalue weighted by Crippen LogP contribution is -2.26. The first kappa shape index (κ1) is 16.9. The Hall–Kier alpha value is -1.18. The SMILES string of the molecule is Cc1cc(F)c(N)c(C)c1S(=O)(=O)NCCCCCO. The number of halogens is 1. The predicted molar refractivity (Wildman–Crippen MR) is 76.4 cm³/mol. The van der Waals surface area contributed by atoms with Crippen LogP contribution >= 0.6 is 0 Å². The van der Waals surface area contributed by atoms with Crippen molar-refractivity contribution in [1.29, 1.82) is 0 Å². The number of rotatable bonds is 7. The molecule has 0 aliphatic carbocycles. The predicted octanol–water partition coefficient (Wildman–Crippen LogP) is 1.47. The van der Waals surface area contributed by atoms with E-state index in [0.29, 0.717) is 18.4 Å². The zero-order valence-electron chi connectivity index (χ0n) is 11.7. The Morgan fingerprint density at radius 1 is 1.30 bits per heavy atom. The van der Waals surface area contributed by atoms with Crippen LogP contribution in [0.3, 0.4) is 0 Å². The zero-order chi connectivity index (χ0) is 15.3. The molecule has 0 atom stereocenters. The van der Waals surface area contributed by atoms with E-state index >= 15 is 0 Å². The largest absolute Gasteiger partial charge is 0.396 e. The fourth-order valence-corrected chi connectivity index (χ4v) is 3.59. The first-order valence-electron chi connectivity index (χ1n) is 6.47. The highest BCUT2D eigenvalue weighted by Crippen LogP contribution is 2.27. The number of anilines is 1. The Bertz CT molecular complexity index is 573. The second-order valence-electron chi connectivity index (χ2n) is 4.73. The van der Waals surface area contributed by atoms with Crippen molar-refractivity contribution in [3.8, 4) is 0 Å². The lowest BCUT2D eigenvalue weighted by molar-refractivity contribution is 0.283. The quantitative estimate of drug-likeness (QED) is 0.525. The first-order chi connectivity index (χ1) is 9.31. The number of benzene rings is 1. The molecule has 1 aromatic carbocycles. The molecule has 0 saturated heterocycles. The van der Waals surface area contributed by atoms with Gasteiger partial charge in [0.1, 0.15) is 5.82 Å². The normalized spacial score (nSPS) is 11.8. The molecule has 4 N–H and O–H groups in total. The van der Waals surface area contributed by atoms with E-state index in [1.807, 2.05) is 0 Å². The molecule has 0 aliphatic heterocycles. The monoisotopic (exact) mass is 304 g/mol. The number of sulfonamides is 1. The van der Waals surface area contributed by atoms with E-state index in [2.05, 4.69) is 4.72 Å². The van der Waals surface area contributed by atoms with Gasteiger partial charge in [0.2, 0.25) is 10.0 Å². The van der Waals surface area contributed by atoms with Crippen LogP contribution in [0.15, 0.2) is 11.0 Å². The van der Waals surface area contributed by atoms with Gasteiger partial charge in [-0.3, -0.25) is 0 Å². The zero-order valence-corrected chi connectivity index (χ0v) is 12.6. The Morgan fingerprint density at radius 3 is 2.55 bits per heavy atom. The molecule has 1 aromatic rings. The van der Waals surface area contributed by atoms with Crippen molar-refractivity contribution in [2.75, 3.05) is 18.9 Å². The third-order valence-corrected chi connectivity index (χ3v) is 4.85. The molecule has 0 aromatic heterocycles. The number of aliphatic hydroxyl groups excluding tert-OH is 1. The topological polar surface area (TPSA) is 92.4 Å². The summed E-state index contributed by atoms with van der Waals surface area (Å²) in [5.74, 6) is -0.609. The van der Waals surface area contributed by atoms with Crippen LogP contribution in [0, 0.1) is 19.7 Å². The number of unbranched alkanes of at least 4 members (excludes halogenated alkanes) is 2. The molecule has 114 valence electrons. The maximum atomic E-state index is 13.4. The summed E-state index contributed by atoms with van der Waals surface area (Å²) in [7, 11) is -3.71. The Balaban J connectivity index is 2.91. The van der Waals surface area contributed by atoms with Crippen molar-refractivity contribution in [1.82, 2.24) is 4.72 Å². The minimum absolute atomic E-state index is 0.0403. The molecule has 7 heteroatoms. The van der Waals surface area contributed by atoms with Crippen molar-refractivity contribution >= 4 is 15.7 Å². The molecule has 20 heavy (non-hydrogen) atoms. The second kappa shape index (κ2) is 7.01. The molecule has 0 saturated carbocycles. The number of nitrogens with two attached hydrogens (primary N) is 1. The van der Waals surface area contributed by atoms with Crippen molar-refractivity contribution in [2.24, 2.45) is 0 Å². The molecule has 0 unspecified atom stereocenters. The smallest absolute Gasteiger partial charge is 0.241 e. The van der Waals surface area contributed by atoms with Crippen molar-refractivity contribution in [3.63, 3.8) is 0 Å². The van der Waals surface area contributed by atoms with Crippen molar-refractivity contribution in [3.05, 3.63) is 23.0 Å². The summed E-state index contributed by atoms with van der Waals surface area (Å²) in [6.45, 7) is 3.40. The summed E-state index contributed by atoms with van der Waals surface area (Å²) in [6.07, 6.45) is 2.01. The van der Waals surface area contributed by atoms with Crippen molar-refractivity contribution < 1.29 is 17.9 Å². The van der Waals surface area contributed by atoms with E-state index in [1.54, 1.807) is 0 Å². The third-order valence-electron chi connectivity index (χ3n) is 3.10. The van der Waals surface area contributed by atoms with Crippen LogP contribution in [0.4, 0.5) is 10.1 Å². The highest BCUT2D eigenvalue weighted by Gasteiger charge is 2.22. The molecule has 0 radical (unpaired) electrons. The lowest BCUT2D eigenvalue weighted by atomic mass is 10.1. The number of hydrogen-bond acceptors (Lipinski definition) is 4. The first-order valence-corrected chi connectivity index (χ1v) is 7.95. The molecule has 0 bridgehead atoms. The van der Waals surface area contributed by atoms with E-state index in [0.717, 1.165) is 12.5 Å². The third kappa shape index (κ3) is 3.91. The number of aryl methyl sites for hydroxylation is 1. The van der Waals surface area contributed by atoms with Gasteiger partial charge in [0.05, 0.1) is 10.6 Å². The van der Waals surface area contributed by atoms with Gasteiger partial charge in [0.25, 0.3) is 0 Å². The van der Waals surface area contributed by atoms with E-state index in [4.69, 9.17) is 10.8 Å². The van der Waals surface area contributed by atoms with Gasteiger partial charge in [-0.25, -0.2) is 17.5 Å². The van der Waals surface area contributed by atoms with Crippen molar-refractivity contribution in [2.45, 2.75) is 38.0 Å². The summed E-state index contributed by atoms with van der Waals surface area (Å²) in [6, 6.07) is 1.13. The van der Waals surface area contributed by atoms with Crippen LogP contribution in [0.5, 0.6) is 0 Å². The fourth-order valence-electron chi connectivity index (χ4n) is 2.04. The Kier molecular flexibility index (Phi) is 5.91.